The van der Waals surface area contributed by atoms with Gasteiger partial charge < -0.3 is 14.5 Å². The molecule has 0 saturated carbocycles. The molecule has 8 nitrogen and oxygen atoms in total. The van der Waals surface area contributed by atoms with Crippen molar-refractivity contribution in [2.75, 3.05) is 44.7 Å². The molecule has 2 aliphatic rings. The average Bonchev–Trinajstić information content (AvgIpc) is 3.20. The van der Waals surface area contributed by atoms with Crippen LogP contribution in [0.4, 0.5) is 5.69 Å². The highest BCUT2D eigenvalue weighted by Gasteiger charge is 2.39. The average molecular weight is 478 g/mol. The Kier molecular flexibility index (Phi) is 6.41. The van der Waals surface area contributed by atoms with E-state index in [1.54, 1.807) is 47.2 Å². The lowest BCUT2D eigenvalue weighted by atomic mass is 10.1. The molecule has 32 heavy (non-hydrogen) atoms. The van der Waals surface area contributed by atoms with Gasteiger partial charge in [-0.1, -0.05) is 17.7 Å². The quantitative estimate of drug-likeness (QED) is 0.659. The number of sulfonamides is 1. The normalized spacial score (nSPS) is 19.9. The van der Waals surface area contributed by atoms with Crippen LogP contribution in [0.25, 0.3) is 0 Å². The van der Waals surface area contributed by atoms with Gasteiger partial charge in [0.15, 0.2) is 0 Å². The van der Waals surface area contributed by atoms with Crippen molar-refractivity contribution >= 4 is 39.1 Å². The molecule has 0 bridgehead atoms. The van der Waals surface area contributed by atoms with Crippen LogP contribution < -0.4 is 9.64 Å². The van der Waals surface area contributed by atoms with E-state index < -0.39 is 15.9 Å². The van der Waals surface area contributed by atoms with Crippen molar-refractivity contribution in [2.24, 2.45) is 5.92 Å². The number of amides is 2. The molecule has 0 N–H and O–H groups in total. The number of piperazine rings is 1. The highest BCUT2D eigenvalue weighted by atomic mass is 35.5. The van der Waals surface area contributed by atoms with Crippen LogP contribution in [0.1, 0.15) is 6.42 Å². The number of hydrogen-bond acceptors (Lipinski definition) is 5. The van der Waals surface area contributed by atoms with E-state index >= 15 is 0 Å². The van der Waals surface area contributed by atoms with E-state index in [2.05, 4.69) is 0 Å². The van der Waals surface area contributed by atoms with Gasteiger partial charge in [-0.25, -0.2) is 8.42 Å². The molecule has 0 radical (unpaired) electrons. The second-order valence-corrected chi connectivity index (χ2v) is 10.2. The number of ether oxygens (including phenoxy) is 1. The molecule has 0 aliphatic carbocycles. The fraction of sp³-hybridized carbons (Fsp3) is 0.364. The molecule has 2 aromatic carbocycles. The molecule has 0 unspecified atom stereocenters. The van der Waals surface area contributed by atoms with Crippen LogP contribution in [0, 0.1) is 5.92 Å². The topological polar surface area (TPSA) is 87.2 Å². The lowest BCUT2D eigenvalue weighted by Gasteiger charge is -2.35. The zero-order valence-electron chi connectivity index (χ0n) is 17.6. The van der Waals surface area contributed by atoms with Gasteiger partial charge in [0, 0.05) is 55.9 Å². The predicted octanol–water partition coefficient (Wildman–Crippen LogP) is 2.23. The van der Waals surface area contributed by atoms with Gasteiger partial charge in [0.2, 0.25) is 21.8 Å². The molecule has 2 aromatic rings. The van der Waals surface area contributed by atoms with E-state index in [1.165, 1.54) is 16.4 Å². The van der Waals surface area contributed by atoms with Gasteiger partial charge >= 0.3 is 0 Å². The summed E-state index contributed by atoms with van der Waals surface area (Å²) in [7, 11) is -2.09. The summed E-state index contributed by atoms with van der Waals surface area (Å²) in [5.74, 6) is -0.0379. The third-order valence-corrected chi connectivity index (χ3v) is 8.01. The van der Waals surface area contributed by atoms with Crippen molar-refractivity contribution in [1.82, 2.24) is 9.21 Å². The molecule has 170 valence electrons. The SMILES string of the molecule is COc1cccc(N2C[C@H](C(=O)N3CCN(S(=O)(=O)c4ccc(Cl)cc4)CC3)CC2=O)c1. The van der Waals surface area contributed by atoms with Gasteiger partial charge in [-0.3, -0.25) is 9.59 Å². The summed E-state index contributed by atoms with van der Waals surface area (Å²) < 4.78 is 32.3. The fourth-order valence-electron chi connectivity index (χ4n) is 4.06. The zero-order valence-corrected chi connectivity index (χ0v) is 19.2. The summed E-state index contributed by atoms with van der Waals surface area (Å²) in [5.41, 5.74) is 0.698. The smallest absolute Gasteiger partial charge is 0.243 e. The summed E-state index contributed by atoms with van der Waals surface area (Å²) in [5, 5.41) is 0.466. The van der Waals surface area contributed by atoms with E-state index in [4.69, 9.17) is 16.3 Å². The Morgan fingerprint density at radius 2 is 1.75 bits per heavy atom. The first-order valence-corrected chi connectivity index (χ1v) is 12.1. The van der Waals surface area contributed by atoms with E-state index in [0.29, 0.717) is 23.0 Å². The first kappa shape index (κ1) is 22.6. The number of halogens is 1. The molecule has 2 amide bonds. The van der Waals surface area contributed by atoms with Crippen LogP contribution in [-0.4, -0.2) is 69.3 Å². The van der Waals surface area contributed by atoms with Crippen molar-refractivity contribution in [1.29, 1.82) is 0 Å². The maximum Gasteiger partial charge on any atom is 0.243 e. The lowest BCUT2D eigenvalue weighted by molar-refractivity contribution is -0.136. The maximum absolute atomic E-state index is 13.0. The number of carbonyl (C=O) groups is 2. The first-order valence-electron chi connectivity index (χ1n) is 10.3. The number of carbonyl (C=O) groups excluding carboxylic acids is 2. The third kappa shape index (κ3) is 4.46. The summed E-state index contributed by atoms with van der Waals surface area (Å²) in [6.07, 6.45) is 0.138. The Bertz CT molecular complexity index is 1110. The molecule has 2 saturated heterocycles. The number of benzene rings is 2. The molecule has 4 rings (SSSR count). The van der Waals surface area contributed by atoms with Gasteiger partial charge in [-0.2, -0.15) is 4.31 Å². The standard InChI is InChI=1S/C22H24ClN3O5S/c1-31-19-4-2-3-18(14-19)26-15-16(13-21(26)27)22(28)24-9-11-25(12-10-24)32(29,30)20-7-5-17(23)6-8-20/h2-8,14,16H,9-13,15H2,1H3/t16-/m1/s1. The highest BCUT2D eigenvalue weighted by Crippen LogP contribution is 2.29. The minimum absolute atomic E-state index is 0.111. The molecule has 2 fully saturated rings. The lowest BCUT2D eigenvalue weighted by Crippen LogP contribution is -2.52. The molecule has 2 heterocycles. The molecule has 0 spiro atoms. The largest absolute Gasteiger partial charge is 0.497 e. The highest BCUT2D eigenvalue weighted by molar-refractivity contribution is 7.89. The second-order valence-electron chi connectivity index (χ2n) is 7.79. The second kappa shape index (κ2) is 9.09. The van der Waals surface area contributed by atoms with E-state index in [0.717, 1.165) is 0 Å². The predicted molar refractivity (Wildman–Crippen MR) is 120 cm³/mol. The summed E-state index contributed by atoms with van der Waals surface area (Å²) in [4.78, 5) is 29.0. The minimum atomic E-state index is -3.64. The van der Waals surface area contributed by atoms with Crippen molar-refractivity contribution < 1.29 is 22.7 Å². The number of rotatable bonds is 5. The third-order valence-electron chi connectivity index (χ3n) is 5.84. The van der Waals surface area contributed by atoms with Crippen LogP contribution in [0.5, 0.6) is 5.75 Å². The molecular weight excluding hydrogens is 454 g/mol. The number of nitrogens with zero attached hydrogens (tertiary/aromatic N) is 3. The number of anilines is 1. The summed E-state index contributed by atoms with van der Waals surface area (Å²) >= 11 is 5.85. The first-order chi connectivity index (χ1) is 15.3. The number of methoxy groups -OCH3 is 1. The van der Waals surface area contributed by atoms with E-state index in [-0.39, 0.29) is 49.3 Å². The van der Waals surface area contributed by atoms with Gasteiger partial charge in [0.05, 0.1) is 17.9 Å². The number of hydrogen-bond donors (Lipinski definition) is 0. The summed E-state index contributed by atoms with van der Waals surface area (Å²) in [6.45, 7) is 1.28. The molecule has 1 atom stereocenters. The maximum atomic E-state index is 13.0. The van der Waals surface area contributed by atoms with Crippen molar-refractivity contribution in [3.8, 4) is 5.75 Å². The van der Waals surface area contributed by atoms with Gasteiger partial charge in [-0.05, 0) is 36.4 Å². The molecule has 0 aromatic heterocycles. The van der Waals surface area contributed by atoms with Crippen LogP contribution >= 0.6 is 11.6 Å². The van der Waals surface area contributed by atoms with E-state index in [1.807, 2.05) is 6.07 Å². The van der Waals surface area contributed by atoms with E-state index in [9.17, 15) is 18.0 Å². The van der Waals surface area contributed by atoms with Crippen LogP contribution in [0.3, 0.4) is 0 Å². The Labute approximate surface area is 192 Å². The van der Waals surface area contributed by atoms with Gasteiger partial charge in [0.1, 0.15) is 5.75 Å². The molecule has 2 aliphatic heterocycles. The van der Waals surface area contributed by atoms with Crippen LogP contribution in [0.2, 0.25) is 5.02 Å². The van der Waals surface area contributed by atoms with Crippen LogP contribution in [0.15, 0.2) is 53.4 Å². The van der Waals surface area contributed by atoms with Crippen molar-refractivity contribution in [3.63, 3.8) is 0 Å². The Morgan fingerprint density at radius 3 is 2.41 bits per heavy atom. The van der Waals surface area contributed by atoms with Crippen LogP contribution in [-0.2, 0) is 19.6 Å². The Morgan fingerprint density at radius 1 is 1.06 bits per heavy atom. The molecular formula is C22H24ClN3O5S. The monoisotopic (exact) mass is 477 g/mol. The summed E-state index contributed by atoms with van der Waals surface area (Å²) in [6, 6.07) is 13.2. The van der Waals surface area contributed by atoms with Crippen molar-refractivity contribution in [3.05, 3.63) is 53.6 Å². The Hall–Kier alpha value is -2.62. The zero-order chi connectivity index (χ0) is 22.9. The van der Waals surface area contributed by atoms with Crippen molar-refractivity contribution in [2.45, 2.75) is 11.3 Å². The fourth-order valence-corrected chi connectivity index (χ4v) is 5.61. The van der Waals surface area contributed by atoms with Gasteiger partial charge in [0.25, 0.3) is 0 Å². The Balaban J connectivity index is 1.38. The minimum Gasteiger partial charge on any atom is -0.497 e. The molecule has 10 heteroatoms. The van der Waals surface area contributed by atoms with Gasteiger partial charge in [-0.15, -0.1) is 0 Å².